The van der Waals surface area contributed by atoms with Crippen LogP contribution in [0.2, 0.25) is 0 Å². The van der Waals surface area contributed by atoms with Gasteiger partial charge in [0.1, 0.15) is 11.6 Å². The standard InChI is InChI=1S/C31H48F2N4O4/c1-6-11-37(12-7-2)29(41)30(9-8-10-35-20-26(38)36-19-21(3)4)16-22(5)17-31(27(30)39,28(34)40)18-23-13-24(32)15-25(33)14-23/h13-15,17,21,27,35,39H,6-12,16,18-20H2,1-5H3,(H2,34,40)(H,36,38)/t27-,30?,31-/m1/s1. The van der Waals surface area contributed by atoms with Gasteiger partial charge in [0.2, 0.25) is 17.7 Å². The van der Waals surface area contributed by atoms with Gasteiger partial charge in [-0.05, 0) is 75.6 Å². The summed E-state index contributed by atoms with van der Waals surface area (Å²) in [6.07, 6.45) is 2.04. The summed E-state index contributed by atoms with van der Waals surface area (Å²) in [6, 6.07) is 2.95. The molecule has 0 spiro atoms. The van der Waals surface area contributed by atoms with E-state index in [1.807, 2.05) is 27.7 Å². The molecule has 0 aromatic heterocycles. The van der Waals surface area contributed by atoms with Gasteiger partial charge >= 0.3 is 0 Å². The molecule has 10 heteroatoms. The Morgan fingerprint density at radius 2 is 1.73 bits per heavy atom. The van der Waals surface area contributed by atoms with Crippen molar-refractivity contribution >= 4 is 17.7 Å². The number of allylic oxidation sites excluding steroid dienone is 1. The zero-order valence-corrected chi connectivity index (χ0v) is 25.2. The summed E-state index contributed by atoms with van der Waals surface area (Å²) in [5, 5.41) is 18.0. The predicted octanol–water partition coefficient (Wildman–Crippen LogP) is 3.47. The number of benzene rings is 1. The number of rotatable bonds is 16. The third kappa shape index (κ3) is 8.82. The van der Waals surface area contributed by atoms with Gasteiger partial charge < -0.3 is 26.4 Å². The zero-order chi connectivity index (χ0) is 30.8. The Labute approximate surface area is 243 Å². The average molecular weight is 579 g/mol. The molecular weight excluding hydrogens is 530 g/mol. The second-order valence-electron chi connectivity index (χ2n) is 11.9. The van der Waals surface area contributed by atoms with Gasteiger partial charge in [-0.25, -0.2) is 8.78 Å². The van der Waals surface area contributed by atoms with E-state index in [0.717, 1.165) is 18.2 Å². The van der Waals surface area contributed by atoms with E-state index in [-0.39, 0.29) is 43.2 Å². The van der Waals surface area contributed by atoms with Gasteiger partial charge in [0, 0.05) is 25.7 Å². The Bertz CT molecular complexity index is 1070. The van der Waals surface area contributed by atoms with Crippen LogP contribution in [0.3, 0.4) is 0 Å². The molecule has 1 aliphatic carbocycles. The summed E-state index contributed by atoms with van der Waals surface area (Å²) in [5.74, 6) is -2.57. The molecule has 1 unspecified atom stereocenters. The third-order valence-corrected chi connectivity index (χ3v) is 7.66. The fourth-order valence-corrected chi connectivity index (χ4v) is 5.95. The molecule has 1 aromatic carbocycles. The second-order valence-corrected chi connectivity index (χ2v) is 11.9. The Balaban J connectivity index is 2.44. The van der Waals surface area contributed by atoms with Crippen molar-refractivity contribution in [3.8, 4) is 0 Å². The lowest BCUT2D eigenvalue weighted by molar-refractivity contribution is -0.162. The number of hydrogen-bond donors (Lipinski definition) is 4. The number of carbonyl (C=O) groups excluding carboxylic acids is 3. The van der Waals surface area contributed by atoms with Gasteiger partial charge in [-0.3, -0.25) is 14.4 Å². The Hall–Kier alpha value is -2.85. The van der Waals surface area contributed by atoms with Crippen molar-refractivity contribution < 1.29 is 28.3 Å². The molecule has 1 aliphatic rings. The summed E-state index contributed by atoms with van der Waals surface area (Å²) in [6.45, 7) is 11.8. The van der Waals surface area contributed by atoms with Crippen LogP contribution in [-0.4, -0.2) is 66.6 Å². The Morgan fingerprint density at radius 1 is 1.12 bits per heavy atom. The molecule has 8 nitrogen and oxygen atoms in total. The van der Waals surface area contributed by atoms with Gasteiger partial charge in [0.15, 0.2) is 0 Å². The minimum Gasteiger partial charge on any atom is -0.391 e. The molecule has 0 heterocycles. The van der Waals surface area contributed by atoms with Crippen molar-refractivity contribution in [3.05, 3.63) is 47.0 Å². The number of aliphatic hydroxyl groups excluding tert-OH is 1. The van der Waals surface area contributed by atoms with Crippen molar-refractivity contribution in [2.24, 2.45) is 22.5 Å². The van der Waals surface area contributed by atoms with E-state index in [1.165, 1.54) is 0 Å². The molecule has 0 saturated carbocycles. The van der Waals surface area contributed by atoms with Crippen LogP contribution >= 0.6 is 0 Å². The van der Waals surface area contributed by atoms with Crippen molar-refractivity contribution in [2.75, 3.05) is 32.7 Å². The lowest BCUT2D eigenvalue weighted by Gasteiger charge is -2.50. The van der Waals surface area contributed by atoms with E-state index >= 15 is 0 Å². The maximum absolute atomic E-state index is 14.3. The van der Waals surface area contributed by atoms with Crippen molar-refractivity contribution in [2.45, 2.75) is 79.2 Å². The first-order valence-electron chi connectivity index (χ1n) is 14.7. The van der Waals surface area contributed by atoms with E-state index in [0.29, 0.717) is 56.9 Å². The molecule has 3 atom stereocenters. The van der Waals surface area contributed by atoms with E-state index in [1.54, 1.807) is 17.9 Å². The molecule has 1 aromatic rings. The van der Waals surface area contributed by atoms with Gasteiger partial charge in [-0.1, -0.05) is 39.3 Å². The van der Waals surface area contributed by atoms with Gasteiger partial charge in [-0.15, -0.1) is 0 Å². The number of aliphatic hydroxyl groups is 1. The highest BCUT2D eigenvalue weighted by Crippen LogP contribution is 2.51. The highest BCUT2D eigenvalue weighted by Gasteiger charge is 2.59. The summed E-state index contributed by atoms with van der Waals surface area (Å²) in [7, 11) is 0. The fraction of sp³-hybridized carbons (Fsp3) is 0.645. The number of amides is 3. The molecule has 230 valence electrons. The molecule has 0 aliphatic heterocycles. The van der Waals surface area contributed by atoms with Crippen LogP contribution in [0.25, 0.3) is 0 Å². The lowest BCUT2D eigenvalue weighted by atomic mass is 9.57. The molecule has 0 bridgehead atoms. The summed E-state index contributed by atoms with van der Waals surface area (Å²) < 4.78 is 28.2. The second kappa shape index (κ2) is 15.4. The molecule has 5 N–H and O–H groups in total. The molecule has 3 amide bonds. The van der Waals surface area contributed by atoms with Gasteiger partial charge in [-0.2, -0.15) is 0 Å². The fourth-order valence-electron chi connectivity index (χ4n) is 5.95. The van der Waals surface area contributed by atoms with E-state index < -0.39 is 34.5 Å². The van der Waals surface area contributed by atoms with Crippen LogP contribution in [0.5, 0.6) is 0 Å². The maximum Gasteiger partial charge on any atom is 0.233 e. The molecule has 2 rings (SSSR count). The van der Waals surface area contributed by atoms with Crippen molar-refractivity contribution in [1.29, 1.82) is 0 Å². The number of nitrogens with two attached hydrogens (primary N) is 1. The van der Waals surface area contributed by atoms with Crippen LogP contribution in [0.15, 0.2) is 29.8 Å². The number of halogens is 2. The molecule has 0 radical (unpaired) electrons. The normalized spacial score (nSPS) is 22.4. The van der Waals surface area contributed by atoms with Crippen LogP contribution in [0.4, 0.5) is 8.78 Å². The monoisotopic (exact) mass is 578 g/mol. The first kappa shape index (κ1) is 34.4. The summed E-state index contributed by atoms with van der Waals surface area (Å²) in [5.41, 5.74) is 3.63. The maximum atomic E-state index is 14.3. The zero-order valence-electron chi connectivity index (χ0n) is 25.2. The lowest BCUT2D eigenvalue weighted by Crippen LogP contribution is -2.62. The topological polar surface area (TPSA) is 125 Å². The highest BCUT2D eigenvalue weighted by molar-refractivity contribution is 5.90. The number of primary amides is 1. The average Bonchev–Trinajstić information content (AvgIpc) is 2.88. The quantitative estimate of drug-likeness (QED) is 0.177. The van der Waals surface area contributed by atoms with Gasteiger partial charge in [0.25, 0.3) is 0 Å². The predicted molar refractivity (Wildman–Crippen MR) is 156 cm³/mol. The van der Waals surface area contributed by atoms with E-state index in [4.69, 9.17) is 5.73 Å². The summed E-state index contributed by atoms with van der Waals surface area (Å²) in [4.78, 5) is 41.3. The van der Waals surface area contributed by atoms with E-state index in [9.17, 15) is 28.3 Å². The molecular formula is C31H48F2N4O4. The number of nitrogens with one attached hydrogen (secondary N) is 2. The molecule has 0 fully saturated rings. The summed E-state index contributed by atoms with van der Waals surface area (Å²) >= 11 is 0. The van der Waals surface area contributed by atoms with Crippen LogP contribution < -0.4 is 16.4 Å². The number of nitrogens with zero attached hydrogens (tertiary/aromatic N) is 1. The largest absolute Gasteiger partial charge is 0.391 e. The van der Waals surface area contributed by atoms with Crippen LogP contribution in [0.1, 0.15) is 72.3 Å². The number of hydrogen-bond acceptors (Lipinski definition) is 5. The van der Waals surface area contributed by atoms with Gasteiger partial charge in [0.05, 0.1) is 23.5 Å². The minimum atomic E-state index is -1.76. The van der Waals surface area contributed by atoms with Crippen molar-refractivity contribution in [1.82, 2.24) is 15.5 Å². The molecule has 0 saturated heterocycles. The number of carbonyl (C=O) groups is 3. The molecule has 41 heavy (non-hydrogen) atoms. The highest BCUT2D eigenvalue weighted by atomic mass is 19.1. The first-order valence-corrected chi connectivity index (χ1v) is 14.7. The van der Waals surface area contributed by atoms with Crippen molar-refractivity contribution in [3.63, 3.8) is 0 Å². The Morgan fingerprint density at radius 3 is 2.27 bits per heavy atom. The first-order chi connectivity index (χ1) is 19.3. The van der Waals surface area contributed by atoms with Crippen LogP contribution in [-0.2, 0) is 20.8 Å². The third-order valence-electron chi connectivity index (χ3n) is 7.66. The van der Waals surface area contributed by atoms with E-state index in [2.05, 4.69) is 10.6 Å². The minimum absolute atomic E-state index is 0.114. The Kier molecular flexibility index (Phi) is 12.9. The smallest absolute Gasteiger partial charge is 0.233 e. The SMILES string of the molecule is CCCN(CCC)C(=O)C1(CCCNCC(=O)NCC(C)C)CC(C)=C[C@](Cc2cc(F)cc(F)c2)(C(N)=O)[C@@H]1O. The van der Waals surface area contributed by atoms with Crippen LogP contribution in [0, 0.1) is 28.4 Å².